The molecule has 7 nitrogen and oxygen atoms in total. The van der Waals surface area contributed by atoms with Gasteiger partial charge in [0.2, 0.25) is 0 Å². The minimum absolute atomic E-state index is 0.0365. The second kappa shape index (κ2) is 11.9. The molecule has 8 heteroatoms. The van der Waals surface area contributed by atoms with Crippen LogP contribution in [-0.4, -0.2) is 55.3 Å². The molecule has 126 valence electrons. The Hall–Kier alpha value is -1.70. The van der Waals surface area contributed by atoms with Crippen LogP contribution in [0.5, 0.6) is 0 Å². The monoisotopic (exact) mass is 332 g/mol. The summed E-state index contributed by atoms with van der Waals surface area (Å²) in [4.78, 5) is 33.9. The Morgan fingerprint density at radius 1 is 1.27 bits per heavy atom. The van der Waals surface area contributed by atoms with E-state index in [4.69, 9.17) is 9.47 Å². The highest BCUT2D eigenvalue weighted by atomic mass is 32.2. The Balaban J connectivity index is 3.70. The first-order valence-corrected chi connectivity index (χ1v) is 8.13. The van der Waals surface area contributed by atoms with Gasteiger partial charge in [0.25, 0.3) is 0 Å². The molecule has 0 aromatic rings. The van der Waals surface area contributed by atoms with Gasteiger partial charge >= 0.3 is 18.0 Å². The number of hydrogen-bond donors (Lipinski definition) is 2. The van der Waals surface area contributed by atoms with Crippen LogP contribution in [0.1, 0.15) is 20.8 Å². The molecule has 0 aliphatic rings. The molecular formula is C14H24N2O5S. The van der Waals surface area contributed by atoms with Gasteiger partial charge in [0.15, 0.2) is 0 Å². The zero-order chi connectivity index (χ0) is 17.0. The fraction of sp³-hybridized carbons (Fsp3) is 0.643. The van der Waals surface area contributed by atoms with E-state index in [1.54, 1.807) is 18.7 Å². The van der Waals surface area contributed by atoms with Gasteiger partial charge in [-0.3, -0.25) is 4.79 Å². The lowest BCUT2D eigenvalue weighted by molar-refractivity contribution is -0.145. The molecule has 1 unspecified atom stereocenters. The third-order valence-electron chi connectivity index (χ3n) is 2.25. The number of thioether (sulfide) groups is 1. The number of urea groups is 1. The number of hydrogen-bond acceptors (Lipinski definition) is 6. The molecule has 0 aliphatic carbocycles. The third kappa shape index (κ3) is 11.0. The Labute approximate surface area is 135 Å². The molecule has 0 spiro atoms. The van der Waals surface area contributed by atoms with Crippen LogP contribution in [0.4, 0.5) is 4.79 Å². The summed E-state index contributed by atoms with van der Waals surface area (Å²) in [6, 6.07) is -0.529. The van der Waals surface area contributed by atoms with Crippen molar-refractivity contribution in [3.8, 4) is 0 Å². The molecule has 0 saturated heterocycles. The SMILES string of the molecule is C=C(C)C(=O)OCCNC(=O)NCC(=O)OC(C)CSCC. The van der Waals surface area contributed by atoms with Crippen LogP contribution in [0, 0.1) is 0 Å². The van der Waals surface area contributed by atoms with E-state index >= 15 is 0 Å². The number of amides is 2. The van der Waals surface area contributed by atoms with E-state index in [0.717, 1.165) is 11.5 Å². The molecule has 0 aromatic heterocycles. The molecular weight excluding hydrogens is 308 g/mol. The van der Waals surface area contributed by atoms with Crippen LogP contribution in [0.2, 0.25) is 0 Å². The standard InChI is InChI=1S/C14H24N2O5S/c1-5-22-9-11(4)21-12(17)8-16-14(19)15-6-7-20-13(18)10(2)3/h11H,2,5-9H2,1,3-4H3,(H2,15,16,19). The minimum Gasteiger partial charge on any atom is -0.460 e. The van der Waals surface area contributed by atoms with Crippen molar-refractivity contribution in [3.05, 3.63) is 12.2 Å². The van der Waals surface area contributed by atoms with Crippen molar-refractivity contribution < 1.29 is 23.9 Å². The molecule has 0 aliphatic heterocycles. The normalized spacial score (nSPS) is 11.2. The molecule has 0 fully saturated rings. The van der Waals surface area contributed by atoms with Crippen molar-refractivity contribution in [2.45, 2.75) is 26.9 Å². The average molecular weight is 332 g/mol. The van der Waals surface area contributed by atoms with E-state index in [1.165, 1.54) is 6.92 Å². The Bertz CT molecular complexity index is 401. The summed E-state index contributed by atoms with van der Waals surface area (Å²) in [5.74, 6) is 0.680. The van der Waals surface area contributed by atoms with E-state index in [-0.39, 0.29) is 25.8 Å². The Morgan fingerprint density at radius 2 is 1.95 bits per heavy atom. The van der Waals surface area contributed by atoms with E-state index in [1.807, 2.05) is 6.92 Å². The lowest BCUT2D eigenvalue weighted by Crippen LogP contribution is -2.41. The van der Waals surface area contributed by atoms with Crippen molar-refractivity contribution in [2.75, 3.05) is 31.2 Å². The summed E-state index contributed by atoms with van der Waals surface area (Å²) < 4.78 is 9.90. The van der Waals surface area contributed by atoms with E-state index in [0.29, 0.717) is 5.57 Å². The van der Waals surface area contributed by atoms with Gasteiger partial charge < -0.3 is 20.1 Å². The number of nitrogens with one attached hydrogen (secondary N) is 2. The van der Waals surface area contributed by atoms with Gasteiger partial charge in [-0.15, -0.1) is 0 Å². The summed E-state index contributed by atoms with van der Waals surface area (Å²) in [6.07, 6.45) is -0.191. The highest BCUT2D eigenvalue weighted by molar-refractivity contribution is 7.99. The van der Waals surface area contributed by atoms with E-state index < -0.39 is 18.0 Å². The van der Waals surface area contributed by atoms with Crippen molar-refractivity contribution in [1.29, 1.82) is 0 Å². The number of carbonyl (C=O) groups excluding carboxylic acids is 3. The summed E-state index contributed by atoms with van der Waals surface area (Å²) in [5.41, 5.74) is 0.294. The number of rotatable bonds is 10. The first-order chi connectivity index (χ1) is 10.4. The predicted octanol–water partition coefficient (Wildman–Crippen LogP) is 1.09. The summed E-state index contributed by atoms with van der Waals surface area (Å²) in [6.45, 7) is 8.77. The molecule has 0 bridgehead atoms. The maximum Gasteiger partial charge on any atom is 0.333 e. The molecule has 0 rings (SSSR count). The lowest BCUT2D eigenvalue weighted by atomic mass is 10.4. The molecule has 2 N–H and O–H groups in total. The van der Waals surface area contributed by atoms with E-state index in [9.17, 15) is 14.4 Å². The fourth-order valence-electron chi connectivity index (χ4n) is 1.23. The molecule has 0 saturated carbocycles. The van der Waals surface area contributed by atoms with Gasteiger partial charge in [-0.05, 0) is 19.6 Å². The van der Waals surface area contributed by atoms with Crippen molar-refractivity contribution in [3.63, 3.8) is 0 Å². The molecule has 22 heavy (non-hydrogen) atoms. The Kier molecular flexibility index (Phi) is 11.0. The van der Waals surface area contributed by atoms with Gasteiger partial charge in [0.05, 0.1) is 6.54 Å². The van der Waals surface area contributed by atoms with Crippen LogP contribution in [0.3, 0.4) is 0 Å². The minimum atomic E-state index is -0.529. The molecule has 2 amide bonds. The molecule has 0 radical (unpaired) electrons. The quantitative estimate of drug-likeness (QED) is 0.353. The maximum atomic E-state index is 11.5. The van der Waals surface area contributed by atoms with Crippen LogP contribution in [0.15, 0.2) is 12.2 Å². The molecule has 0 aromatic carbocycles. The topological polar surface area (TPSA) is 93.7 Å². The largest absolute Gasteiger partial charge is 0.460 e. The first kappa shape index (κ1) is 20.3. The summed E-state index contributed by atoms with van der Waals surface area (Å²) in [7, 11) is 0. The number of ether oxygens (including phenoxy) is 2. The highest BCUT2D eigenvalue weighted by Gasteiger charge is 2.10. The summed E-state index contributed by atoms with van der Waals surface area (Å²) in [5, 5.41) is 4.82. The molecule has 1 atom stereocenters. The maximum absolute atomic E-state index is 11.5. The average Bonchev–Trinajstić information content (AvgIpc) is 2.46. The Morgan fingerprint density at radius 3 is 2.55 bits per heavy atom. The summed E-state index contributed by atoms with van der Waals surface area (Å²) >= 11 is 1.68. The first-order valence-electron chi connectivity index (χ1n) is 6.98. The van der Waals surface area contributed by atoms with Crippen molar-refractivity contribution in [2.24, 2.45) is 0 Å². The van der Waals surface area contributed by atoms with Gasteiger partial charge in [-0.2, -0.15) is 11.8 Å². The smallest absolute Gasteiger partial charge is 0.333 e. The van der Waals surface area contributed by atoms with Gasteiger partial charge in [-0.25, -0.2) is 9.59 Å². The van der Waals surface area contributed by atoms with Crippen LogP contribution >= 0.6 is 11.8 Å². The van der Waals surface area contributed by atoms with Crippen LogP contribution < -0.4 is 10.6 Å². The van der Waals surface area contributed by atoms with Crippen LogP contribution in [0.25, 0.3) is 0 Å². The molecule has 0 heterocycles. The number of esters is 2. The fourth-order valence-corrected chi connectivity index (χ4v) is 1.87. The second-order valence-electron chi connectivity index (χ2n) is 4.49. The third-order valence-corrected chi connectivity index (χ3v) is 3.37. The number of carbonyl (C=O) groups is 3. The van der Waals surface area contributed by atoms with Crippen molar-refractivity contribution in [1.82, 2.24) is 10.6 Å². The van der Waals surface area contributed by atoms with E-state index in [2.05, 4.69) is 17.2 Å². The second-order valence-corrected chi connectivity index (χ2v) is 5.80. The van der Waals surface area contributed by atoms with Gasteiger partial charge in [-0.1, -0.05) is 13.5 Å². The van der Waals surface area contributed by atoms with Crippen molar-refractivity contribution >= 4 is 29.7 Å². The zero-order valence-electron chi connectivity index (χ0n) is 13.3. The zero-order valence-corrected chi connectivity index (χ0v) is 14.1. The van der Waals surface area contributed by atoms with Crippen LogP contribution in [-0.2, 0) is 19.1 Å². The predicted molar refractivity (Wildman–Crippen MR) is 85.7 cm³/mol. The lowest BCUT2D eigenvalue weighted by Gasteiger charge is -2.13. The highest BCUT2D eigenvalue weighted by Crippen LogP contribution is 2.04. The van der Waals surface area contributed by atoms with Gasteiger partial charge in [0.1, 0.15) is 19.3 Å². The van der Waals surface area contributed by atoms with Gasteiger partial charge in [0, 0.05) is 11.3 Å².